The molecule has 0 spiro atoms. The number of nitrogens with zero attached hydrogens (tertiary/aromatic N) is 2. The summed E-state index contributed by atoms with van der Waals surface area (Å²) in [6.07, 6.45) is 5.86. The Hall–Kier alpha value is -1.96. The number of esters is 1. The van der Waals surface area contributed by atoms with Gasteiger partial charge in [0, 0.05) is 6.42 Å². The molecule has 0 unspecified atom stereocenters. The molecule has 1 rings (SSSR count). The number of terminal acetylenes is 1. The predicted molar refractivity (Wildman–Crippen MR) is 56.2 cm³/mol. The zero-order chi connectivity index (χ0) is 11.4. The first-order valence-corrected chi connectivity index (χ1v) is 4.52. The summed E-state index contributed by atoms with van der Waals surface area (Å²) in [6, 6.07) is 0. The van der Waals surface area contributed by atoms with Crippen LogP contribution in [0.1, 0.15) is 23.2 Å². The lowest BCUT2D eigenvalue weighted by atomic mass is 10.4. The third-order valence-electron chi connectivity index (χ3n) is 2.03. The molecule has 0 aliphatic rings. The van der Waals surface area contributed by atoms with E-state index in [1.165, 1.54) is 7.11 Å². The van der Waals surface area contributed by atoms with E-state index in [-0.39, 0.29) is 11.5 Å². The molecule has 1 aromatic heterocycles. The quantitative estimate of drug-likeness (QED) is 0.577. The van der Waals surface area contributed by atoms with Crippen LogP contribution in [0.15, 0.2) is 0 Å². The van der Waals surface area contributed by atoms with E-state index in [4.69, 9.17) is 12.2 Å². The van der Waals surface area contributed by atoms with E-state index < -0.39 is 5.97 Å². The van der Waals surface area contributed by atoms with Crippen LogP contribution in [0.25, 0.3) is 0 Å². The third kappa shape index (κ3) is 1.94. The Morgan fingerprint density at radius 3 is 2.87 bits per heavy atom. The standard InChI is InChI=1S/C10H13N3O2/c1-4-6-13-7(5-2)12-8(9(13)11)10(14)15-3/h1H,5-6,11H2,2-3H3. The number of nitrogen functional groups attached to an aromatic ring is 1. The summed E-state index contributed by atoms with van der Waals surface area (Å²) in [5.74, 6) is 2.86. The Morgan fingerprint density at radius 2 is 2.40 bits per heavy atom. The largest absolute Gasteiger partial charge is 0.464 e. The van der Waals surface area contributed by atoms with Gasteiger partial charge in [-0.3, -0.25) is 0 Å². The molecule has 1 heterocycles. The van der Waals surface area contributed by atoms with Crippen molar-refractivity contribution >= 4 is 11.8 Å². The van der Waals surface area contributed by atoms with Crippen LogP contribution in [0, 0.1) is 12.3 Å². The van der Waals surface area contributed by atoms with Gasteiger partial charge >= 0.3 is 5.97 Å². The number of carbonyl (C=O) groups is 1. The van der Waals surface area contributed by atoms with Crippen molar-refractivity contribution in [3.8, 4) is 12.3 Å². The number of aryl methyl sites for hydroxylation is 1. The fraction of sp³-hybridized carbons (Fsp3) is 0.400. The fourth-order valence-electron chi connectivity index (χ4n) is 1.30. The second kappa shape index (κ2) is 4.51. The van der Waals surface area contributed by atoms with Crippen LogP contribution in [0.3, 0.4) is 0 Å². The Labute approximate surface area is 88.2 Å². The predicted octanol–water partition coefficient (Wildman–Crippen LogP) is 0.448. The summed E-state index contributed by atoms with van der Waals surface area (Å²) in [5.41, 5.74) is 5.88. The Bertz CT molecular complexity index is 415. The van der Waals surface area contributed by atoms with Crippen molar-refractivity contribution in [2.24, 2.45) is 0 Å². The maximum absolute atomic E-state index is 11.3. The number of carbonyl (C=O) groups excluding carboxylic acids is 1. The molecule has 80 valence electrons. The maximum Gasteiger partial charge on any atom is 0.360 e. The number of hydrogen-bond acceptors (Lipinski definition) is 4. The fourth-order valence-corrected chi connectivity index (χ4v) is 1.30. The molecule has 0 aliphatic carbocycles. The highest BCUT2D eigenvalue weighted by molar-refractivity contribution is 5.92. The van der Waals surface area contributed by atoms with Gasteiger partial charge in [-0.05, 0) is 0 Å². The number of anilines is 1. The lowest BCUT2D eigenvalue weighted by Crippen LogP contribution is -2.08. The first-order valence-electron chi connectivity index (χ1n) is 4.52. The first-order chi connectivity index (χ1) is 7.15. The summed E-state index contributed by atoms with van der Waals surface area (Å²) in [7, 11) is 1.29. The van der Waals surface area contributed by atoms with Crippen LogP contribution in [0.4, 0.5) is 5.82 Å². The van der Waals surface area contributed by atoms with Crippen molar-refractivity contribution in [2.45, 2.75) is 19.9 Å². The van der Waals surface area contributed by atoms with E-state index >= 15 is 0 Å². The highest BCUT2D eigenvalue weighted by Crippen LogP contribution is 2.15. The van der Waals surface area contributed by atoms with Crippen LogP contribution in [0.5, 0.6) is 0 Å². The van der Waals surface area contributed by atoms with E-state index in [1.54, 1.807) is 4.57 Å². The lowest BCUT2D eigenvalue weighted by Gasteiger charge is -2.03. The van der Waals surface area contributed by atoms with Crippen molar-refractivity contribution < 1.29 is 9.53 Å². The number of imidazole rings is 1. The van der Waals surface area contributed by atoms with Gasteiger partial charge in [-0.25, -0.2) is 9.78 Å². The zero-order valence-corrected chi connectivity index (χ0v) is 8.78. The summed E-state index contributed by atoms with van der Waals surface area (Å²) in [4.78, 5) is 15.4. The molecular formula is C10H13N3O2. The summed E-state index contributed by atoms with van der Waals surface area (Å²) in [5, 5.41) is 0. The van der Waals surface area contributed by atoms with Crippen molar-refractivity contribution in [3.63, 3.8) is 0 Å². The topological polar surface area (TPSA) is 70.1 Å². The summed E-state index contributed by atoms with van der Waals surface area (Å²) >= 11 is 0. The van der Waals surface area contributed by atoms with Gasteiger partial charge in [0.15, 0.2) is 5.69 Å². The molecule has 0 saturated heterocycles. The molecule has 0 radical (unpaired) electrons. The minimum Gasteiger partial charge on any atom is -0.464 e. The number of ether oxygens (including phenoxy) is 1. The molecule has 1 aromatic rings. The summed E-state index contributed by atoms with van der Waals surface area (Å²) in [6.45, 7) is 2.22. The molecule has 0 aromatic carbocycles. The average Bonchev–Trinajstić information content (AvgIpc) is 2.56. The van der Waals surface area contributed by atoms with E-state index in [2.05, 4.69) is 15.6 Å². The number of nitrogens with two attached hydrogens (primary N) is 1. The van der Waals surface area contributed by atoms with Gasteiger partial charge in [-0.1, -0.05) is 12.8 Å². The number of aromatic nitrogens is 2. The first kappa shape index (κ1) is 11.1. The molecule has 15 heavy (non-hydrogen) atoms. The van der Waals surface area contributed by atoms with Crippen molar-refractivity contribution in [1.29, 1.82) is 0 Å². The Morgan fingerprint density at radius 1 is 1.73 bits per heavy atom. The minimum atomic E-state index is -0.544. The van der Waals surface area contributed by atoms with Gasteiger partial charge < -0.3 is 15.0 Å². The van der Waals surface area contributed by atoms with Gasteiger partial charge in [0.05, 0.1) is 13.7 Å². The van der Waals surface area contributed by atoms with Gasteiger partial charge in [0.1, 0.15) is 11.6 Å². The molecule has 0 atom stereocenters. The van der Waals surface area contributed by atoms with E-state index in [9.17, 15) is 4.79 Å². The molecule has 2 N–H and O–H groups in total. The molecule has 5 nitrogen and oxygen atoms in total. The Kier molecular flexibility index (Phi) is 3.34. The van der Waals surface area contributed by atoms with Crippen molar-refractivity contribution in [2.75, 3.05) is 12.8 Å². The van der Waals surface area contributed by atoms with Gasteiger partial charge in [-0.15, -0.1) is 6.42 Å². The van der Waals surface area contributed by atoms with Crippen LogP contribution < -0.4 is 5.73 Å². The second-order valence-electron chi connectivity index (χ2n) is 2.90. The average molecular weight is 207 g/mol. The smallest absolute Gasteiger partial charge is 0.360 e. The molecule has 0 bridgehead atoms. The minimum absolute atomic E-state index is 0.129. The normalized spacial score (nSPS) is 9.67. The van der Waals surface area contributed by atoms with Crippen molar-refractivity contribution in [3.05, 3.63) is 11.5 Å². The van der Waals surface area contributed by atoms with Crippen molar-refractivity contribution in [1.82, 2.24) is 9.55 Å². The summed E-state index contributed by atoms with van der Waals surface area (Å²) < 4.78 is 6.19. The zero-order valence-electron chi connectivity index (χ0n) is 8.78. The molecule has 0 aliphatic heterocycles. The van der Waals surface area contributed by atoms with Crippen LogP contribution in [-0.4, -0.2) is 22.6 Å². The van der Waals surface area contributed by atoms with E-state index in [1.807, 2.05) is 6.92 Å². The number of methoxy groups -OCH3 is 1. The van der Waals surface area contributed by atoms with E-state index in [0.717, 1.165) is 0 Å². The van der Waals surface area contributed by atoms with Gasteiger partial charge in [0.2, 0.25) is 0 Å². The lowest BCUT2D eigenvalue weighted by molar-refractivity contribution is 0.0595. The SMILES string of the molecule is C#CCn1c(CC)nc(C(=O)OC)c1N. The van der Waals surface area contributed by atoms with Gasteiger partial charge in [-0.2, -0.15) is 0 Å². The second-order valence-corrected chi connectivity index (χ2v) is 2.90. The highest BCUT2D eigenvalue weighted by atomic mass is 16.5. The van der Waals surface area contributed by atoms with Crippen LogP contribution in [-0.2, 0) is 17.7 Å². The molecule has 0 amide bonds. The molecule has 5 heteroatoms. The monoisotopic (exact) mass is 207 g/mol. The highest BCUT2D eigenvalue weighted by Gasteiger charge is 2.19. The molecule has 0 fully saturated rings. The maximum atomic E-state index is 11.3. The Balaban J connectivity index is 3.22. The van der Waals surface area contributed by atoms with Crippen LogP contribution in [0.2, 0.25) is 0 Å². The molecule has 0 saturated carbocycles. The number of rotatable bonds is 3. The van der Waals surface area contributed by atoms with Crippen LogP contribution >= 0.6 is 0 Å². The third-order valence-corrected chi connectivity index (χ3v) is 2.03. The van der Waals surface area contributed by atoms with Gasteiger partial charge in [0.25, 0.3) is 0 Å². The number of hydrogen-bond donors (Lipinski definition) is 1. The molecular weight excluding hydrogens is 194 g/mol. The van der Waals surface area contributed by atoms with E-state index in [0.29, 0.717) is 18.8 Å².